The standard InChI is InChI=1S/C4H9FNO2S/c5-3-1-2-4-9(6,7)8/h6H,1-4H2. The first-order valence-corrected chi connectivity index (χ1v) is 4.25. The van der Waals surface area contributed by atoms with Gasteiger partial charge < -0.3 is 0 Å². The number of nitrogens with one attached hydrogen (secondary N) is 1. The molecule has 0 aliphatic rings. The van der Waals surface area contributed by atoms with Gasteiger partial charge in [-0.2, -0.15) is 0 Å². The van der Waals surface area contributed by atoms with E-state index in [2.05, 4.69) is 0 Å². The van der Waals surface area contributed by atoms with Crippen LogP contribution in [0.15, 0.2) is 0 Å². The summed E-state index contributed by atoms with van der Waals surface area (Å²) in [7, 11) is -3.61. The average molecular weight is 154 g/mol. The van der Waals surface area contributed by atoms with Crippen molar-refractivity contribution in [3.8, 4) is 0 Å². The van der Waals surface area contributed by atoms with Gasteiger partial charge in [-0.3, -0.25) is 4.39 Å². The molecule has 0 heterocycles. The van der Waals surface area contributed by atoms with E-state index in [-0.39, 0.29) is 18.6 Å². The highest BCUT2D eigenvalue weighted by Crippen LogP contribution is 1.92. The Labute approximate surface area is 54.1 Å². The SMILES string of the molecule is [NH]S(=O)(=O)CCCCF. The first-order valence-electron chi connectivity index (χ1n) is 2.59. The normalized spacial score (nSPS) is 11.8. The number of sulfonamides is 1. The van der Waals surface area contributed by atoms with Gasteiger partial charge in [0, 0.05) is 0 Å². The molecule has 9 heavy (non-hydrogen) atoms. The second-order valence-electron chi connectivity index (χ2n) is 1.71. The number of hydrogen-bond donors (Lipinski definition) is 0. The molecule has 0 bridgehead atoms. The van der Waals surface area contributed by atoms with Crippen LogP contribution in [0, 0.1) is 0 Å². The largest absolute Gasteiger partial charge is 0.251 e. The lowest BCUT2D eigenvalue weighted by Crippen LogP contribution is -2.05. The molecule has 0 fully saturated rings. The second-order valence-corrected chi connectivity index (χ2v) is 3.35. The summed E-state index contributed by atoms with van der Waals surface area (Å²) in [5.74, 6) is -0.225. The van der Waals surface area contributed by atoms with Gasteiger partial charge in [0.05, 0.1) is 12.4 Å². The molecule has 0 aliphatic heterocycles. The molecule has 0 aromatic heterocycles. The van der Waals surface area contributed by atoms with E-state index in [0.29, 0.717) is 0 Å². The smallest absolute Gasteiger partial charge is 0.225 e. The fraction of sp³-hybridized carbons (Fsp3) is 1.00. The Morgan fingerprint density at radius 1 is 1.33 bits per heavy atom. The van der Waals surface area contributed by atoms with Crippen LogP contribution < -0.4 is 5.14 Å². The van der Waals surface area contributed by atoms with Crippen molar-refractivity contribution in [3.05, 3.63) is 0 Å². The first kappa shape index (κ1) is 8.84. The van der Waals surface area contributed by atoms with E-state index >= 15 is 0 Å². The Morgan fingerprint density at radius 3 is 2.22 bits per heavy atom. The third-order valence-electron chi connectivity index (χ3n) is 0.797. The molecule has 0 aromatic carbocycles. The molecule has 0 unspecified atom stereocenters. The van der Waals surface area contributed by atoms with Crippen LogP contribution in [-0.2, 0) is 10.0 Å². The Balaban J connectivity index is 3.30. The highest BCUT2D eigenvalue weighted by molar-refractivity contribution is 7.88. The van der Waals surface area contributed by atoms with Crippen LogP contribution in [0.25, 0.3) is 0 Å². The van der Waals surface area contributed by atoms with Crippen molar-refractivity contribution in [2.24, 2.45) is 0 Å². The summed E-state index contributed by atoms with van der Waals surface area (Å²) in [5.41, 5.74) is 0. The maximum Gasteiger partial charge on any atom is 0.225 e. The van der Waals surface area contributed by atoms with E-state index in [9.17, 15) is 12.8 Å². The predicted molar refractivity (Wildman–Crippen MR) is 32.1 cm³/mol. The van der Waals surface area contributed by atoms with E-state index in [1.54, 1.807) is 0 Å². The Kier molecular flexibility index (Phi) is 3.72. The summed E-state index contributed by atoms with van der Waals surface area (Å²) < 4.78 is 31.4. The van der Waals surface area contributed by atoms with E-state index in [0.717, 1.165) is 0 Å². The van der Waals surface area contributed by atoms with Crippen LogP contribution >= 0.6 is 0 Å². The van der Waals surface area contributed by atoms with Crippen molar-refractivity contribution in [2.75, 3.05) is 12.4 Å². The first-order chi connectivity index (χ1) is 4.06. The molecule has 1 N–H and O–H groups in total. The minimum absolute atomic E-state index is 0.225. The zero-order chi connectivity index (χ0) is 7.33. The molecule has 1 radical (unpaired) electrons. The summed E-state index contributed by atoms with van der Waals surface area (Å²) in [5, 5.41) is 6.36. The second kappa shape index (κ2) is 3.79. The number of unbranched alkanes of at least 4 members (excludes halogenated alkanes) is 1. The van der Waals surface area contributed by atoms with Gasteiger partial charge in [-0.25, -0.2) is 8.42 Å². The summed E-state index contributed by atoms with van der Waals surface area (Å²) in [4.78, 5) is 0. The van der Waals surface area contributed by atoms with Crippen molar-refractivity contribution in [2.45, 2.75) is 12.8 Å². The van der Waals surface area contributed by atoms with Crippen LogP contribution in [0.4, 0.5) is 4.39 Å². The summed E-state index contributed by atoms with van der Waals surface area (Å²) in [6.45, 7) is -0.504. The van der Waals surface area contributed by atoms with Gasteiger partial charge in [-0.15, -0.1) is 5.14 Å². The van der Waals surface area contributed by atoms with Crippen molar-refractivity contribution in [3.63, 3.8) is 0 Å². The third kappa shape index (κ3) is 7.84. The number of hydrogen-bond acceptors (Lipinski definition) is 2. The Morgan fingerprint density at radius 2 is 1.89 bits per heavy atom. The lowest BCUT2D eigenvalue weighted by Gasteiger charge is -1.91. The molecule has 0 aliphatic carbocycles. The summed E-state index contributed by atoms with van der Waals surface area (Å²) in [6.07, 6.45) is 0.487. The van der Waals surface area contributed by atoms with Crippen LogP contribution in [-0.4, -0.2) is 20.8 Å². The predicted octanol–water partition coefficient (Wildman–Crippen LogP) is 0.349. The molecule has 0 amide bonds. The quantitative estimate of drug-likeness (QED) is 0.548. The lowest BCUT2D eigenvalue weighted by molar-refractivity contribution is 0.468. The van der Waals surface area contributed by atoms with Crippen molar-refractivity contribution in [1.29, 1.82) is 0 Å². The maximum atomic E-state index is 11.3. The molecule has 0 rings (SSSR count). The molecule has 0 saturated carbocycles. The molecule has 0 saturated heterocycles. The van der Waals surface area contributed by atoms with Gasteiger partial charge in [0.15, 0.2) is 0 Å². The van der Waals surface area contributed by atoms with Crippen molar-refractivity contribution >= 4 is 10.0 Å². The molecule has 0 atom stereocenters. The number of rotatable bonds is 4. The number of alkyl halides is 1. The van der Waals surface area contributed by atoms with Gasteiger partial charge in [-0.05, 0) is 12.8 Å². The van der Waals surface area contributed by atoms with Gasteiger partial charge in [0.2, 0.25) is 10.0 Å². The molecule has 3 nitrogen and oxygen atoms in total. The molecule has 55 valence electrons. The minimum atomic E-state index is -3.61. The number of halogens is 1. The Hall–Kier alpha value is -0.160. The zero-order valence-electron chi connectivity index (χ0n) is 4.93. The van der Waals surface area contributed by atoms with Crippen LogP contribution in [0.2, 0.25) is 0 Å². The van der Waals surface area contributed by atoms with Gasteiger partial charge in [0.1, 0.15) is 0 Å². The van der Waals surface area contributed by atoms with Crippen LogP contribution in [0.3, 0.4) is 0 Å². The van der Waals surface area contributed by atoms with Crippen LogP contribution in [0.5, 0.6) is 0 Å². The van der Waals surface area contributed by atoms with E-state index in [1.807, 2.05) is 0 Å². The lowest BCUT2D eigenvalue weighted by atomic mass is 10.4. The zero-order valence-corrected chi connectivity index (χ0v) is 5.75. The maximum absolute atomic E-state index is 11.3. The summed E-state index contributed by atoms with van der Waals surface area (Å²) in [6, 6.07) is 0. The van der Waals surface area contributed by atoms with E-state index in [1.165, 1.54) is 0 Å². The van der Waals surface area contributed by atoms with E-state index in [4.69, 9.17) is 5.14 Å². The highest BCUT2D eigenvalue weighted by atomic mass is 32.2. The average Bonchev–Trinajstić information content (AvgIpc) is 1.63. The van der Waals surface area contributed by atoms with Gasteiger partial charge in [0.25, 0.3) is 0 Å². The highest BCUT2D eigenvalue weighted by Gasteiger charge is 2.01. The monoisotopic (exact) mass is 154 g/mol. The van der Waals surface area contributed by atoms with Crippen molar-refractivity contribution < 1.29 is 12.8 Å². The molecular weight excluding hydrogens is 145 g/mol. The van der Waals surface area contributed by atoms with E-state index < -0.39 is 16.7 Å². The van der Waals surface area contributed by atoms with Gasteiger partial charge >= 0.3 is 0 Å². The van der Waals surface area contributed by atoms with Crippen molar-refractivity contribution in [1.82, 2.24) is 5.14 Å². The molecular formula is C4H9FNO2S. The fourth-order valence-electron chi connectivity index (χ4n) is 0.387. The Bertz CT molecular complexity index is 154. The molecule has 5 heteroatoms. The summed E-state index contributed by atoms with van der Waals surface area (Å²) >= 11 is 0. The molecule has 0 aromatic rings. The fourth-order valence-corrected chi connectivity index (χ4v) is 0.971. The topological polar surface area (TPSA) is 57.9 Å². The van der Waals surface area contributed by atoms with Crippen LogP contribution in [0.1, 0.15) is 12.8 Å². The minimum Gasteiger partial charge on any atom is -0.251 e. The van der Waals surface area contributed by atoms with Gasteiger partial charge in [-0.1, -0.05) is 0 Å². The third-order valence-corrected chi connectivity index (χ3v) is 1.62. The molecule has 0 spiro atoms.